The maximum atomic E-state index is 10.9. The molecule has 64 valence electrons. The Morgan fingerprint density at radius 2 is 1.91 bits per heavy atom. The fourth-order valence-corrected chi connectivity index (χ4v) is 0.474. The SMILES string of the molecule is [CH2]C([CH2])NC(=O)OC(C)(C)C. The summed E-state index contributed by atoms with van der Waals surface area (Å²) in [4.78, 5) is 10.9. The van der Waals surface area contributed by atoms with Gasteiger partial charge in [-0.1, -0.05) is 0 Å². The van der Waals surface area contributed by atoms with E-state index in [9.17, 15) is 4.79 Å². The van der Waals surface area contributed by atoms with E-state index in [2.05, 4.69) is 19.2 Å². The lowest BCUT2D eigenvalue weighted by molar-refractivity contribution is 0.0522. The lowest BCUT2D eigenvalue weighted by Crippen LogP contribution is -2.36. The molecule has 0 aliphatic heterocycles. The van der Waals surface area contributed by atoms with Gasteiger partial charge in [-0.15, -0.1) is 0 Å². The first-order valence-electron chi connectivity index (χ1n) is 3.47. The molecule has 0 unspecified atom stereocenters. The smallest absolute Gasteiger partial charge is 0.407 e. The summed E-state index contributed by atoms with van der Waals surface area (Å²) in [6.45, 7) is 12.4. The average molecular weight is 157 g/mol. The second-order valence-electron chi connectivity index (χ2n) is 3.34. The number of rotatable bonds is 1. The first kappa shape index (κ1) is 10.3. The van der Waals surface area contributed by atoms with Gasteiger partial charge in [-0.25, -0.2) is 4.79 Å². The van der Waals surface area contributed by atoms with Crippen molar-refractivity contribution in [3.05, 3.63) is 13.8 Å². The molecule has 0 bridgehead atoms. The van der Waals surface area contributed by atoms with Crippen molar-refractivity contribution in [2.75, 3.05) is 0 Å². The Morgan fingerprint density at radius 1 is 1.45 bits per heavy atom. The highest BCUT2D eigenvalue weighted by molar-refractivity contribution is 5.68. The fraction of sp³-hybridized carbons (Fsp3) is 0.625. The predicted molar refractivity (Wildman–Crippen MR) is 43.9 cm³/mol. The molecular formula is C8H15NO2. The Labute approximate surface area is 68.1 Å². The minimum atomic E-state index is -0.479. The molecule has 0 saturated heterocycles. The Balaban J connectivity index is 3.71. The van der Waals surface area contributed by atoms with Gasteiger partial charge in [0.25, 0.3) is 0 Å². The first-order valence-corrected chi connectivity index (χ1v) is 3.47. The van der Waals surface area contributed by atoms with Crippen molar-refractivity contribution in [2.45, 2.75) is 32.4 Å². The third-order valence-corrected chi connectivity index (χ3v) is 0.721. The summed E-state index contributed by atoms with van der Waals surface area (Å²) < 4.78 is 4.92. The molecule has 0 rings (SSSR count). The second kappa shape index (κ2) is 3.60. The Kier molecular flexibility index (Phi) is 3.36. The maximum Gasteiger partial charge on any atom is 0.407 e. The topological polar surface area (TPSA) is 38.3 Å². The zero-order chi connectivity index (χ0) is 9.07. The summed E-state index contributed by atoms with van der Waals surface area (Å²) in [5.41, 5.74) is -0.459. The zero-order valence-corrected chi connectivity index (χ0v) is 7.31. The number of amides is 1. The Hall–Kier alpha value is -0.730. The van der Waals surface area contributed by atoms with Crippen LogP contribution in [-0.2, 0) is 4.74 Å². The molecule has 1 N–H and O–H groups in total. The summed E-state index contributed by atoms with van der Waals surface area (Å²) in [5, 5.41) is 2.42. The second-order valence-corrected chi connectivity index (χ2v) is 3.34. The van der Waals surface area contributed by atoms with E-state index in [0.29, 0.717) is 0 Å². The van der Waals surface area contributed by atoms with E-state index in [4.69, 9.17) is 4.74 Å². The van der Waals surface area contributed by atoms with Crippen LogP contribution in [0.15, 0.2) is 0 Å². The highest BCUT2D eigenvalue weighted by atomic mass is 16.6. The van der Waals surface area contributed by atoms with Gasteiger partial charge in [0.05, 0.1) is 0 Å². The van der Waals surface area contributed by atoms with Crippen molar-refractivity contribution >= 4 is 6.09 Å². The maximum absolute atomic E-state index is 10.9. The van der Waals surface area contributed by atoms with Crippen LogP contribution in [0.3, 0.4) is 0 Å². The summed E-state index contributed by atoms with van der Waals surface area (Å²) in [5.74, 6) is 0. The normalized spacial score (nSPS) is 11.5. The van der Waals surface area contributed by atoms with E-state index in [1.807, 2.05) is 0 Å². The monoisotopic (exact) mass is 157 g/mol. The van der Waals surface area contributed by atoms with Crippen LogP contribution in [0.1, 0.15) is 20.8 Å². The lowest BCUT2D eigenvalue weighted by atomic mass is 10.2. The Bertz CT molecular complexity index is 136. The van der Waals surface area contributed by atoms with Crippen LogP contribution >= 0.6 is 0 Å². The molecule has 3 nitrogen and oxygen atoms in total. The highest BCUT2D eigenvalue weighted by Gasteiger charge is 2.15. The summed E-state index contributed by atoms with van der Waals surface area (Å²) in [6.07, 6.45) is -0.479. The van der Waals surface area contributed by atoms with Crippen molar-refractivity contribution in [1.82, 2.24) is 5.32 Å². The van der Waals surface area contributed by atoms with Crippen LogP contribution in [0.5, 0.6) is 0 Å². The van der Waals surface area contributed by atoms with Crippen molar-refractivity contribution in [3.63, 3.8) is 0 Å². The largest absolute Gasteiger partial charge is 0.444 e. The minimum absolute atomic E-state index is 0.371. The molecule has 1 amide bonds. The third-order valence-electron chi connectivity index (χ3n) is 0.721. The number of hydrogen-bond donors (Lipinski definition) is 1. The Morgan fingerprint density at radius 3 is 2.18 bits per heavy atom. The number of ether oxygens (including phenoxy) is 1. The van der Waals surface area contributed by atoms with Crippen LogP contribution < -0.4 is 5.32 Å². The van der Waals surface area contributed by atoms with Crippen LogP contribution in [0.2, 0.25) is 0 Å². The van der Waals surface area contributed by atoms with Gasteiger partial charge in [0.2, 0.25) is 0 Å². The van der Waals surface area contributed by atoms with Crippen molar-refractivity contribution in [2.24, 2.45) is 0 Å². The van der Waals surface area contributed by atoms with Crippen LogP contribution in [-0.4, -0.2) is 17.7 Å². The number of hydrogen-bond acceptors (Lipinski definition) is 2. The molecule has 0 saturated carbocycles. The molecule has 0 aromatic heterocycles. The van der Waals surface area contributed by atoms with Crippen molar-refractivity contribution < 1.29 is 9.53 Å². The molecule has 0 atom stereocenters. The van der Waals surface area contributed by atoms with Gasteiger partial charge in [0.1, 0.15) is 5.60 Å². The van der Waals surface area contributed by atoms with E-state index in [-0.39, 0.29) is 6.04 Å². The van der Waals surface area contributed by atoms with Gasteiger partial charge in [0, 0.05) is 6.04 Å². The van der Waals surface area contributed by atoms with Crippen molar-refractivity contribution in [3.8, 4) is 0 Å². The molecule has 3 heteroatoms. The highest BCUT2D eigenvalue weighted by Crippen LogP contribution is 2.06. The molecule has 0 aliphatic carbocycles. The quantitative estimate of drug-likeness (QED) is 0.627. The molecule has 0 heterocycles. The van der Waals surface area contributed by atoms with Gasteiger partial charge in [-0.2, -0.15) is 0 Å². The van der Waals surface area contributed by atoms with Gasteiger partial charge in [0.15, 0.2) is 0 Å². The zero-order valence-electron chi connectivity index (χ0n) is 7.31. The van der Waals surface area contributed by atoms with Gasteiger partial charge < -0.3 is 10.1 Å². The van der Waals surface area contributed by atoms with E-state index >= 15 is 0 Å². The first-order chi connectivity index (χ1) is 4.81. The predicted octanol–water partition coefficient (Wildman–Crippen LogP) is 1.55. The number of alkyl carbamates (subject to hydrolysis) is 1. The van der Waals surface area contributed by atoms with Gasteiger partial charge >= 0.3 is 6.09 Å². The standard InChI is InChI=1S/C8H15NO2/c1-6(2)9-7(10)11-8(3,4)5/h6H,1-2H2,3-5H3,(H,9,10). The van der Waals surface area contributed by atoms with Crippen LogP contribution in [0.4, 0.5) is 4.79 Å². The van der Waals surface area contributed by atoms with Crippen LogP contribution in [0.25, 0.3) is 0 Å². The summed E-state index contributed by atoms with van der Waals surface area (Å²) in [7, 11) is 0. The average Bonchev–Trinajstić information content (AvgIpc) is 1.53. The fourth-order valence-electron chi connectivity index (χ4n) is 0.474. The van der Waals surface area contributed by atoms with Crippen LogP contribution in [0, 0.1) is 13.8 Å². The molecule has 2 radical (unpaired) electrons. The summed E-state index contributed by atoms with van der Waals surface area (Å²) >= 11 is 0. The molecule has 0 fully saturated rings. The lowest BCUT2D eigenvalue weighted by Gasteiger charge is -2.20. The number of nitrogens with one attached hydrogen (secondary N) is 1. The van der Waals surface area contributed by atoms with Crippen molar-refractivity contribution in [1.29, 1.82) is 0 Å². The molecule has 0 aromatic carbocycles. The molecule has 11 heavy (non-hydrogen) atoms. The molecule has 0 aliphatic rings. The minimum Gasteiger partial charge on any atom is -0.444 e. The van der Waals surface area contributed by atoms with E-state index in [0.717, 1.165) is 0 Å². The number of carbonyl (C=O) groups excluding carboxylic acids is 1. The van der Waals surface area contributed by atoms with E-state index in [1.165, 1.54) is 0 Å². The van der Waals surface area contributed by atoms with E-state index in [1.54, 1.807) is 20.8 Å². The molecular weight excluding hydrogens is 142 g/mol. The number of carbonyl (C=O) groups is 1. The van der Waals surface area contributed by atoms with E-state index < -0.39 is 11.7 Å². The molecule has 0 aromatic rings. The van der Waals surface area contributed by atoms with Gasteiger partial charge in [-0.05, 0) is 34.6 Å². The molecule has 0 spiro atoms. The summed E-state index contributed by atoms with van der Waals surface area (Å²) in [6, 6.07) is -0.371. The van der Waals surface area contributed by atoms with Gasteiger partial charge in [-0.3, -0.25) is 0 Å². The third kappa shape index (κ3) is 7.16.